The Kier molecular flexibility index (Phi) is 6.18. The molecule has 1 atom stereocenters. The van der Waals surface area contributed by atoms with Crippen molar-refractivity contribution < 1.29 is 14.4 Å². The normalized spacial score (nSPS) is 18.0. The van der Waals surface area contributed by atoms with Gasteiger partial charge in [-0.2, -0.15) is 0 Å². The lowest BCUT2D eigenvalue weighted by Crippen LogP contribution is -2.45. The zero-order valence-corrected chi connectivity index (χ0v) is 18.0. The summed E-state index contributed by atoms with van der Waals surface area (Å²) in [5.41, 5.74) is 8.53. The monoisotopic (exact) mass is 425 g/mol. The quantitative estimate of drug-likeness (QED) is 0.585. The Morgan fingerprint density at radius 1 is 1.03 bits per heavy atom. The van der Waals surface area contributed by atoms with Gasteiger partial charge in [-0.05, 0) is 54.9 Å². The Morgan fingerprint density at radius 3 is 2.67 bits per heavy atom. The van der Waals surface area contributed by atoms with Gasteiger partial charge in [-0.25, -0.2) is 0 Å². The predicted molar refractivity (Wildman–Crippen MR) is 116 cm³/mol. The van der Waals surface area contributed by atoms with Crippen LogP contribution in [0.1, 0.15) is 69.9 Å². The summed E-state index contributed by atoms with van der Waals surface area (Å²) < 4.78 is 0. The first-order valence-electron chi connectivity index (χ1n) is 10.6. The summed E-state index contributed by atoms with van der Waals surface area (Å²) in [4.78, 5) is 40.9. The molecule has 0 spiro atoms. The van der Waals surface area contributed by atoms with E-state index >= 15 is 0 Å². The van der Waals surface area contributed by atoms with Crippen molar-refractivity contribution in [3.05, 3.63) is 56.8 Å². The van der Waals surface area contributed by atoms with Gasteiger partial charge in [0.15, 0.2) is 0 Å². The molecule has 2 heterocycles. The molecule has 30 heavy (non-hydrogen) atoms. The van der Waals surface area contributed by atoms with Crippen LogP contribution in [0.2, 0.25) is 0 Å². The van der Waals surface area contributed by atoms with Crippen molar-refractivity contribution in [1.82, 2.24) is 15.8 Å². The molecule has 7 heteroatoms. The lowest BCUT2D eigenvalue weighted by atomic mass is 9.90. The Labute approximate surface area is 180 Å². The van der Waals surface area contributed by atoms with Crippen molar-refractivity contribution in [3.63, 3.8) is 0 Å². The molecule has 1 aliphatic heterocycles. The fourth-order valence-corrected chi connectivity index (χ4v) is 5.59. The summed E-state index contributed by atoms with van der Waals surface area (Å²) in [6, 6.07) is 9.56. The molecule has 1 aromatic heterocycles. The zero-order chi connectivity index (χ0) is 21.1. The first kappa shape index (κ1) is 20.6. The molecule has 0 radical (unpaired) electrons. The van der Waals surface area contributed by atoms with Crippen molar-refractivity contribution in [3.8, 4) is 0 Å². The number of nitrogens with zero attached hydrogens (tertiary/aromatic N) is 1. The second-order valence-corrected chi connectivity index (χ2v) is 9.14. The number of fused-ring (bicyclic) bond motifs is 2. The van der Waals surface area contributed by atoms with Crippen LogP contribution in [0.3, 0.4) is 0 Å². The number of rotatable bonds is 3. The molecule has 1 unspecified atom stereocenters. The minimum absolute atomic E-state index is 0.0496. The van der Waals surface area contributed by atoms with Crippen LogP contribution in [-0.4, -0.2) is 29.2 Å². The number of hydrogen-bond acceptors (Lipinski definition) is 4. The number of thiophene rings is 1. The maximum absolute atomic E-state index is 12.6. The average molecular weight is 426 g/mol. The summed E-state index contributed by atoms with van der Waals surface area (Å²) in [5.74, 6) is -0.644. The number of carbonyl (C=O) groups excluding carboxylic acids is 3. The van der Waals surface area contributed by atoms with Crippen molar-refractivity contribution in [2.24, 2.45) is 0 Å². The highest BCUT2D eigenvalue weighted by atomic mass is 32.1. The summed E-state index contributed by atoms with van der Waals surface area (Å²) in [6.07, 6.45) is 6.51. The molecule has 1 aliphatic carbocycles. The number of nitrogens with one attached hydrogen (secondary N) is 2. The van der Waals surface area contributed by atoms with Crippen molar-refractivity contribution in [2.75, 3.05) is 6.54 Å². The summed E-state index contributed by atoms with van der Waals surface area (Å²) in [6.45, 7) is 2.12. The standard InChI is InChI=1S/C23H27N3O3S/c1-15(27)26-12-11-16-7-5-6-9-18(16)19(26)14-22(28)24-25-23(29)21-13-17-8-3-2-4-10-20(17)30-21/h5-7,9,13,19H,2-4,8,10-12,14H2,1H3,(H,24,28)(H,25,29). The van der Waals surface area contributed by atoms with Crippen LogP contribution < -0.4 is 10.9 Å². The number of hydrazine groups is 1. The summed E-state index contributed by atoms with van der Waals surface area (Å²) >= 11 is 1.52. The molecule has 2 aliphatic rings. The second-order valence-electron chi connectivity index (χ2n) is 8.00. The number of hydrogen-bond donors (Lipinski definition) is 2. The van der Waals surface area contributed by atoms with Crippen LogP contribution in [0.4, 0.5) is 0 Å². The van der Waals surface area contributed by atoms with E-state index in [2.05, 4.69) is 10.9 Å². The van der Waals surface area contributed by atoms with E-state index in [0.29, 0.717) is 11.4 Å². The zero-order valence-electron chi connectivity index (χ0n) is 17.2. The van der Waals surface area contributed by atoms with E-state index < -0.39 is 0 Å². The molecule has 0 saturated heterocycles. The first-order chi connectivity index (χ1) is 14.5. The van der Waals surface area contributed by atoms with Crippen LogP contribution in [0, 0.1) is 0 Å². The molecule has 0 fully saturated rings. The van der Waals surface area contributed by atoms with Gasteiger partial charge in [-0.3, -0.25) is 25.2 Å². The van der Waals surface area contributed by atoms with Crippen molar-refractivity contribution >= 4 is 29.1 Å². The third kappa shape index (κ3) is 4.41. The largest absolute Gasteiger partial charge is 0.335 e. The maximum atomic E-state index is 12.6. The van der Waals surface area contributed by atoms with E-state index in [1.165, 1.54) is 41.5 Å². The third-order valence-electron chi connectivity index (χ3n) is 5.98. The van der Waals surface area contributed by atoms with Gasteiger partial charge in [0, 0.05) is 18.3 Å². The van der Waals surface area contributed by atoms with Crippen molar-refractivity contribution in [1.29, 1.82) is 0 Å². The lowest BCUT2D eigenvalue weighted by molar-refractivity contribution is -0.133. The molecule has 2 N–H and O–H groups in total. The highest BCUT2D eigenvalue weighted by Gasteiger charge is 2.30. The van der Waals surface area contributed by atoms with E-state index in [9.17, 15) is 14.4 Å². The van der Waals surface area contributed by atoms with Crippen molar-refractivity contribution in [2.45, 2.75) is 57.9 Å². The number of benzene rings is 1. The van der Waals surface area contributed by atoms with Gasteiger partial charge in [-0.15, -0.1) is 11.3 Å². The Bertz CT molecular complexity index is 945. The van der Waals surface area contributed by atoms with Gasteiger partial charge in [0.2, 0.25) is 11.8 Å². The van der Waals surface area contributed by atoms with E-state index in [4.69, 9.17) is 0 Å². The molecule has 6 nitrogen and oxygen atoms in total. The minimum Gasteiger partial charge on any atom is -0.335 e. The lowest BCUT2D eigenvalue weighted by Gasteiger charge is -2.36. The van der Waals surface area contributed by atoms with Gasteiger partial charge in [0.25, 0.3) is 5.91 Å². The highest BCUT2D eigenvalue weighted by molar-refractivity contribution is 7.14. The Morgan fingerprint density at radius 2 is 1.83 bits per heavy atom. The maximum Gasteiger partial charge on any atom is 0.279 e. The van der Waals surface area contributed by atoms with Crippen LogP contribution in [-0.2, 0) is 28.9 Å². The van der Waals surface area contributed by atoms with Gasteiger partial charge >= 0.3 is 0 Å². The van der Waals surface area contributed by atoms with Gasteiger partial charge in [0.05, 0.1) is 17.3 Å². The molecule has 0 saturated carbocycles. The average Bonchev–Trinajstić information content (AvgIpc) is 3.02. The summed E-state index contributed by atoms with van der Waals surface area (Å²) in [5, 5.41) is 0. The second kappa shape index (κ2) is 9.00. The molecule has 3 amide bonds. The van der Waals surface area contributed by atoms with Crippen LogP contribution in [0.25, 0.3) is 0 Å². The first-order valence-corrected chi connectivity index (χ1v) is 11.4. The molecular weight excluding hydrogens is 398 g/mol. The summed E-state index contributed by atoms with van der Waals surface area (Å²) in [7, 11) is 0. The van der Waals surface area contributed by atoms with Gasteiger partial charge in [0.1, 0.15) is 0 Å². The van der Waals surface area contributed by atoms with E-state index in [1.807, 2.05) is 30.3 Å². The Balaban J connectivity index is 1.39. The van der Waals surface area contributed by atoms with Crippen LogP contribution in [0.15, 0.2) is 30.3 Å². The molecular formula is C23H27N3O3S. The Hall–Kier alpha value is -2.67. The molecule has 158 valence electrons. The SMILES string of the molecule is CC(=O)N1CCc2ccccc2C1CC(=O)NNC(=O)c1cc2c(s1)CCCCC2. The van der Waals surface area contributed by atoms with Crippen LogP contribution in [0.5, 0.6) is 0 Å². The van der Waals surface area contributed by atoms with Gasteiger partial charge < -0.3 is 4.90 Å². The smallest absolute Gasteiger partial charge is 0.279 e. The highest BCUT2D eigenvalue weighted by Crippen LogP contribution is 2.32. The predicted octanol–water partition coefficient (Wildman–Crippen LogP) is 3.31. The minimum atomic E-state index is -0.317. The van der Waals surface area contributed by atoms with E-state index in [0.717, 1.165) is 36.8 Å². The van der Waals surface area contributed by atoms with E-state index in [-0.39, 0.29) is 30.2 Å². The molecule has 2 aromatic rings. The molecule has 0 bridgehead atoms. The van der Waals surface area contributed by atoms with Crippen LogP contribution >= 0.6 is 11.3 Å². The fourth-order valence-electron chi connectivity index (χ4n) is 4.44. The number of amides is 3. The molecule has 4 rings (SSSR count). The van der Waals surface area contributed by atoms with E-state index in [1.54, 1.807) is 4.90 Å². The third-order valence-corrected chi connectivity index (χ3v) is 7.22. The molecule has 1 aromatic carbocycles. The topological polar surface area (TPSA) is 78.5 Å². The van der Waals surface area contributed by atoms with Gasteiger partial charge in [-0.1, -0.05) is 30.7 Å². The fraction of sp³-hybridized carbons (Fsp3) is 0.435. The number of aryl methyl sites for hydroxylation is 2. The number of carbonyl (C=O) groups is 3.